The largest absolute Gasteiger partial charge is 0.493 e. The topological polar surface area (TPSA) is 114 Å². The molecule has 2 aromatic rings. The molecule has 31 heavy (non-hydrogen) atoms. The minimum atomic E-state index is -0.903. The lowest BCUT2D eigenvalue weighted by molar-refractivity contribution is -0.118. The molecule has 2 heterocycles. The Morgan fingerprint density at radius 2 is 1.94 bits per heavy atom. The molecule has 9 nitrogen and oxygen atoms in total. The molecule has 1 aliphatic heterocycles. The van der Waals surface area contributed by atoms with Gasteiger partial charge in [-0.2, -0.15) is 0 Å². The van der Waals surface area contributed by atoms with E-state index in [2.05, 4.69) is 15.3 Å². The third-order valence-corrected chi connectivity index (χ3v) is 5.93. The van der Waals surface area contributed by atoms with Crippen LogP contribution in [0.2, 0.25) is 0 Å². The fourth-order valence-electron chi connectivity index (χ4n) is 3.40. The second-order valence-electron chi connectivity index (χ2n) is 7.15. The van der Waals surface area contributed by atoms with E-state index in [-0.39, 0.29) is 17.6 Å². The van der Waals surface area contributed by atoms with E-state index >= 15 is 0 Å². The van der Waals surface area contributed by atoms with Gasteiger partial charge in [0, 0.05) is 37.6 Å². The summed E-state index contributed by atoms with van der Waals surface area (Å²) in [4.78, 5) is 33.3. The third kappa shape index (κ3) is 6.24. The fraction of sp³-hybridized carbons (Fsp3) is 0.429. The predicted molar refractivity (Wildman–Crippen MR) is 117 cm³/mol. The van der Waals surface area contributed by atoms with E-state index in [0.29, 0.717) is 36.3 Å². The summed E-state index contributed by atoms with van der Waals surface area (Å²) in [5, 5.41) is 12.5. The van der Waals surface area contributed by atoms with Crippen molar-refractivity contribution in [3.63, 3.8) is 0 Å². The summed E-state index contributed by atoms with van der Waals surface area (Å²) in [6, 6.07) is 5.58. The lowest BCUT2D eigenvalue weighted by atomic mass is 9.98. The molecule has 0 bridgehead atoms. The first-order valence-electron chi connectivity index (χ1n) is 9.92. The van der Waals surface area contributed by atoms with Gasteiger partial charge in [-0.1, -0.05) is 17.8 Å². The lowest BCUT2D eigenvalue weighted by Gasteiger charge is -2.30. The second kappa shape index (κ2) is 10.9. The van der Waals surface area contributed by atoms with E-state index in [1.54, 1.807) is 26.6 Å². The summed E-state index contributed by atoms with van der Waals surface area (Å²) in [7, 11) is 3.17. The van der Waals surface area contributed by atoms with Gasteiger partial charge >= 0.3 is 6.09 Å². The van der Waals surface area contributed by atoms with Crippen LogP contribution in [-0.2, 0) is 4.79 Å². The highest BCUT2D eigenvalue weighted by Crippen LogP contribution is 2.32. The third-order valence-electron chi connectivity index (χ3n) is 5.05. The van der Waals surface area contributed by atoms with E-state index in [9.17, 15) is 9.59 Å². The van der Waals surface area contributed by atoms with Gasteiger partial charge in [0.25, 0.3) is 0 Å². The van der Waals surface area contributed by atoms with Crippen molar-refractivity contribution < 1.29 is 24.2 Å². The summed E-state index contributed by atoms with van der Waals surface area (Å²) in [6.45, 7) is 1.50. The zero-order valence-corrected chi connectivity index (χ0v) is 18.4. The maximum atomic E-state index is 12.2. The molecular formula is C21H26N4O5S. The molecule has 2 N–H and O–H groups in total. The average molecular weight is 447 g/mol. The van der Waals surface area contributed by atoms with Gasteiger partial charge in [-0.25, -0.2) is 14.8 Å². The van der Waals surface area contributed by atoms with Gasteiger partial charge in [0.05, 0.1) is 20.0 Å². The molecule has 0 radical (unpaired) electrons. The van der Waals surface area contributed by atoms with Crippen molar-refractivity contribution in [2.45, 2.75) is 18.0 Å². The van der Waals surface area contributed by atoms with Crippen molar-refractivity contribution in [1.82, 2.24) is 20.2 Å². The first-order chi connectivity index (χ1) is 15.0. The average Bonchev–Trinajstić information content (AvgIpc) is 2.81. The highest BCUT2D eigenvalue weighted by molar-refractivity contribution is 7.99. The van der Waals surface area contributed by atoms with Gasteiger partial charge < -0.3 is 24.8 Å². The summed E-state index contributed by atoms with van der Waals surface area (Å²) in [6.07, 6.45) is 4.24. The van der Waals surface area contributed by atoms with Crippen LogP contribution in [0.1, 0.15) is 12.8 Å². The monoisotopic (exact) mass is 446 g/mol. The Morgan fingerprint density at radius 1 is 1.19 bits per heavy atom. The smallest absolute Gasteiger partial charge is 0.407 e. The van der Waals surface area contributed by atoms with Gasteiger partial charge in [0.15, 0.2) is 16.7 Å². The molecule has 166 valence electrons. The number of thioether (sulfide) groups is 1. The van der Waals surface area contributed by atoms with Crippen molar-refractivity contribution in [2.24, 2.45) is 5.92 Å². The van der Waals surface area contributed by atoms with Gasteiger partial charge in [-0.15, -0.1) is 0 Å². The Balaban J connectivity index is 1.48. The Hall–Kier alpha value is -3.01. The minimum absolute atomic E-state index is 0.120. The molecule has 1 fully saturated rings. The number of benzene rings is 1. The number of aromatic nitrogens is 2. The molecule has 0 spiro atoms. The maximum Gasteiger partial charge on any atom is 0.407 e. The van der Waals surface area contributed by atoms with E-state index < -0.39 is 6.09 Å². The SMILES string of the molecule is COc1ccc(-c2cnc(SCC(=O)NCC3CCCN(C(=O)O)C3)nc2)cc1OC. The number of methoxy groups -OCH3 is 2. The van der Waals surface area contributed by atoms with Crippen molar-refractivity contribution in [3.05, 3.63) is 30.6 Å². The molecule has 1 aromatic heterocycles. The first kappa shape index (κ1) is 22.7. The van der Waals surface area contributed by atoms with Crippen LogP contribution in [0.3, 0.4) is 0 Å². The number of nitrogens with one attached hydrogen (secondary N) is 1. The number of piperidine rings is 1. The molecule has 0 saturated carbocycles. The van der Waals surface area contributed by atoms with Crippen LogP contribution in [0.4, 0.5) is 4.79 Å². The zero-order valence-electron chi connectivity index (χ0n) is 17.5. The molecule has 1 aliphatic rings. The number of nitrogens with zero attached hydrogens (tertiary/aromatic N) is 3. The number of hydrogen-bond acceptors (Lipinski definition) is 7. The lowest BCUT2D eigenvalue weighted by Crippen LogP contribution is -2.43. The molecule has 10 heteroatoms. The van der Waals surface area contributed by atoms with Gasteiger partial charge in [0.2, 0.25) is 5.91 Å². The molecule has 1 unspecified atom stereocenters. The number of rotatable bonds is 8. The predicted octanol–water partition coefficient (Wildman–Crippen LogP) is 2.76. The van der Waals surface area contributed by atoms with Crippen molar-refractivity contribution in [1.29, 1.82) is 0 Å². The Labute approximate surface area is 185 Å². The van der Waals surface area contributed by atoms with E-state index in [4.69, 9.17) is 14.6 Å². The van der Waals surface area contributed by atoms with Crippen LogP contribution in [0.25, 0.3) is 11.1 Å². The standard InChI is InChI=1S/C21H26N4O5S/c1-29-17-6-5-15(8-18(17)30-2)16-10-23-20(24-11-16)31-13-19(26)22-9-14-4-3-7-25(12-14)21(27)28/h5-6,8,10-11,14H,3-4,7,9,12-13H2,1-2H3,(H,22,26)(H,27,28). The van der Waals surface area contributed by atoms with Crippen LogP contribution in [0.5, 0.6) is 11.5 Å². The highest BCUT2D eigenvalue weighted by atomic mass is 32.2. The van der Waals surface area contributed by atoms with Crippen LogP contribution < -0.4 is 14.8 Å². The Kier molecular flexibility index (Phi) is 7.94. The maximum absolute atomic E-state index is 12.2. The molecule has 2 amide bonds. The summed E-state index contributed by atoms with van der Waals surface area (Å²) < 4.78 is 10.6. The molecule has 1 atom stereocenters. The van der Waals surface area contributed by atoms with E-state index in [1.807, 2.05) is 18.2 Å². The second-order valence-corrected chi connectivity index (χ2v) is 8.10. The molecule has 1 aromatic carbocycles. The van der Waals surface area contributed by atoms with E-state index in [1.165, 1.54) is 16.7 Å². The van der Waals surface area contributed by atoms with Gasteiger partial charge in [-0.05, 0) is 36.5 Å². The highest BCUT2D eigenvalue weighted by Gasteiger charge is 2.23. The van der Waals surface area contributed by atoms with Crippen LogP contribution in [0, 0.1) is 5.92 Å². The fourth-order valence-corrected chi connectivity index (χ4v) is 4.02. The van der Waals surface area contributed by atoms with Crippen LogP contribution >= 0.6 is 11.8 Å². The first-order valence-corrected chi connectivity index (χ1v) is 10.9. The van der Waals surface area contributed by atoms with Crippen molar-refractivity contribution in [2.75, 3.05) is 39.6 Å². The van der Waals surface area contributed by atoms with Crippen molar-refractivity contribution >= 4 is 23.8 Å². The number of ether oxygens (including phenoxy) is 2. The number of carbonyl (C=O) groups excluding carboxylic acids is 1. The molecular weight excluding hydrogens is 420 g/mol. The Morgan fingerprint density at radius 3 is 2.61 bits per heavy atom. The minimum Gasteiger partial charge on any atom is -0.493 e. The Bertz CT molecular complexity index is 909. The van der Waals surface area contributed by atoms with Crippen LogP contribution in [0.15, 0.2) is 35.7 Å². The number of carboxylic acid groups (broad SMARTS) is 1. The van der Waals surface area contributed by atoms with Gasteiger partial charge in [-0.3, -0.25) is 4.79 Å². The molecule has 0 aliphatic carbocycles. The van der Waals surface area contributed by atoms with E-state index in [0.717, 1.165) is 24.0 Å². The molecule has 1 saturated heterocycles. The summed E-state index contributed by atoms with van der Waals surface area (Å²) >= 11 is 1.25. The van der Waals surface area contributed by atoms with Crippen molar-refractivity contribution in [3.8, 4) is 22.6 Å². The number of amides is 2. The van der Waals surface area contributed by atoms with Gasteiger partial charge in [0.1, 0.15) is 0 Å². The zero-order chi connectivity index (χ0) is 22.2. The number of likely N-dealkylation sites (tertiary alicyclic amines) is 1. The molecule has 3 rings (SSSR count). The quantitative estimate of drug-likeness (QED) is 0.470. The summed E-state index contributed by atoms with van der Waals surface area (Å²) in [5.41, 5.74) is 1.73. The summed E-state index contributed by atoms with van der Waals surface area (Å²) in [5.74, 6) is 1.50. The number of hydrogen-bond donors (Lipinski definition) is 2. The number of carbonyl (C=O) groups is 2. The normalized spacial score (nSPS) is 15.9. The van der Waals surface area contributed by atoms with Crippen LogP contribution in [-0.4, -0.2) is 71.6 Å².